The minimum atomic E-state index is 0.0126. The Hall–Kier alpha value is -2.49. The molecule has 0 radical (unpaired) electrons. The number of rotatable bonds is 6. The van der Waals surface area contributed by atoms with Crippen molar-refractivity contribution < 1.29 is 14.3 Å². The quantitative estimate of drug-likeness (QED) is 0.813. The molecule has 23 heavy (non-hydrogen) atoms. The van der Waals surface area contributed by atoms with E-state index in [-0.39, 0.29) is 5.91 Å². The number of hydrogen-bond donors (Lipinski definition) is 0. The lowest BCUT2D eigenvalue weighted by Crippen LogP contribution is -2.30. The monoisotopic (exact) mass is 313 g/mol. The maximum absolute atomic E-state index is 12.8. The van der Waals surface area contributed by atoms with Crippen molar-refractivity contribution in [1.29, 1.82) is 0 Å². The molecule has 0 heterocycles. The summed E-state index contributed by atoms with van der Waals surface area (Å²) in [7, 11) is 3.24. The Kier molecular flexibility index (Phi) is 5.63. The SMILES string of the molecule is CCN(CC)C(=O)c1ccccc1-c1c(OC)cccc1OC. The third kappa shape index (κ3) is 3.31. The van der Waals surface area contributed by atoms with Gasteiger partial charge in [-0.05, 0) is 32.0 Å². The van der Waals surface area contributed by atoms with Gasteiger partial charge in [0.15, 0.2) is 0 Å². The zero-order valence-corrected chi connectivity index (χ0v) is 14.1. The van der Waals surface area contributed by atoms with Gasteiger partial charge in [-0.15, -0.1) is 0 Å². The maximum atomic E-state index is 12.8. The van der Waals surface area contributed by atoms with Gasteiger partial charge in [0.05, 0.1) is 19.8 Å². The predicted octanol–water partition coefficient (Wildman–Crippen LogP) is 3.85. The van der Waals surface area contributed by atoms with Crippen LogP contribution in [0.3, 0.4) is 0 Å². The fourth-order valence-corrected chi connectivity index (χ4v) is 2.69. The lowest BCUT2D eigenvalue weighted by molar-refractivity contribution is 0.0774. The lowest BCUT2D eigenvalue weighted by Gasteiger charge is -2.21. The van der Waals surface area contributed by atoms with Crippen molar-refractivity contribution in [1.82, 2.24) is 4.90 Å². The van der Waals surface area contributed by atoms with Crippen molar-refractivity contribution in [2.45, 2.75) is 13.8 Å². The van der Waals surface area contributed by atoms with Crippen LogP contribution in [0.2, 0.25) is 0 Å². The molecule has 0 bridgehead atoms. The topological polar surface area (TPSA) is 38.8 Å². The molecule has 0 aromatic heterocycles. The van der Waals surface area contributed by atoms with E-state index in [4.69, 9.17) is 9.47 Å². The van der Waals surface area contributed by atoms with Gasteiger partial charge < -0.3 is 14.4 Å². The Morgan fingerprint density at radius 3 is 2.00 bits per heavy atom. The van der Waals surface area contributed by atoms with Crippen LogP contribution in [0.4, 0.5) is 0 Å². The molecule has 122 valence electrons. The van der Waals surface area contributed by atoms with Gasteiger partial charge in [0, 0.05) is 24.2 Å². The molecule has 0 saturated carbocycles. The Morgan fingerprint density at radius 1 is 0.913 bits per heavy atom. The van der Waals surface area contributed by atoms with Crippen LogP contribution in [-0.2, 0) is 0 Å². The molecule has 2 aromatic carbocycles. The van der Waals surface area contributed by atoms with Crippen LogP contribution in [-0.4, -0.2) is 38.1 Å². The molecule has 0 spiro atoms. The van der Waals surface area contributed by atoms with E-state index >= 15 is 0 Å². The van der Waals surface area contributed by atoms with Crippen LogP contribution < -0.4 is 9.47 Å². The molecule has 0 aliphatic carbocycles. The molecule has 4 heteroatoms. The van der Waals surface area contributed by atoms with Gasteiger partial charge in [0.1, 0.15) is 11.5 Å². The predicted molar refractivity (Wildman–Crippen MR) is 92.2 cm³/mol. The van der Waals surface area contributed by atoms with Gasteiger partial charge in [-0.3, -0.25) is 4.79 Å². The van der Waals surface area contributed by atoms with E-state index in [9.17, 15) is 4.79 Å². The molecule has 4 nitrogen and oxygen atoms in total. The summed E-state index contributed by atoms with van der Waals surface area (Å²) in [5, 5.41) is 0. The van der Waals surface area contributed by atoms with E-state index in [1.54, 1.807) is 19.1 Å². The lowest BCUT2D eigenvalue weighted by atomic mass is 9.97. The van der Waals surface area contributed by atoms with Crippen molar-refractivity contribution in [3.63, 3.8) is 0 Å². The molecule has 1 amide bonds. The number of methoxy groups -OCH3 is 2. The van der Waals surface area contributed by atoms with Gasteiger partial charge in [0.2, 0.25) is 0 Å². The van der Waals surface area contributed by atoms with Crippen molar-refractivity contribution in [3.05, 3.63) is 48.0 Å². The van der Waals surface area contributed by atoms with Crippen LogP contribution in [0.5, 0.6) is 11.5 Å². The highest BCUT2D eigenvalue weighted by Gasteiger charge is 2.21. The molecular weight excluding hydrogens is 290 g/mol. The summed E-state index contributed by atoms with van der Waals surface area (Å²) in [6, 6.07) is 13.2. The second kappa shape index (κ2) is 7.68. The fourth-order valence-electron chi connectivity index (χ4n) is 2.69. The number of amides is 1. The van der Waals surface area contributed by atoms with E-state index in [2.05, 4.69) is 0 Å². The average Bonchev–Trinajstić information content (AvgIpc) is 2.61. The number of carbonyl (C=O) groups excluding carboxylic acids is 1. The number of hydrogen-bond acceptors (Lipinski definition) is 3. The van der Waals surface area contributed by atoms with E-state index in [1.807, 2.05) is 56.3 Å². The smallest absolute Gasteiger partial charge is 0.254 e. The summed E-state index contributed by atoms with van der Waals surface area (Å²) < 4.78 is 11.0. The van der Waals surface area contributed by atoms with Gasteiger partial charge in [0.25, 0.3) is 5.91 Å². The molecule has 0 saturated heterocycles. The van der Waals surface area contributed by atoms with E-state index in [0.29, 0.717) is 30.2 Å². The molecule has 0 unspecified atom stereocenters. The molecular formula is C19H23NO3. The Balaban J connectivity index is 2.65. The Labute approximate surface area is 137 Å². The van der Waals surface area contributed by atoms with Gasteiger partial charge in [-0.2, -0.15) is 0 Å². The first-order chi connectivity index (χ1) is 11.2. The highest BCUT2D eigenvalue weighted by atomic mass is 16.5. The largest absolute Gasteiger partial charge is 0.496 e. The van der Waals surface area contributed by atoms with E-state index < -0.39 is 0 Å². The zero-order valence-electron chi connectivity index (χ0n) is 14.1. The van der Waals surface area contributed by atoms with Crippen LogP contribution in [0.1, 0.15) is 24.2 Å². The van der Waals surface area contributed by atoms with E-state index in [0.717, 1.165) is 11.1 Å². The normalized spacial score (nSPS) is 10.3. The Bertz CT molecular complexity index is 656. The second-order valence-corrected chi connectivity index (χ2v) is 5.06. The van der Waals surface area contributed by atoms with Gasteiger partial charge in [-0.1, -0.05) is 24.3 Å². The number of nitrogens with zero attached hydrogens (tertiary/aromatic N) is 1. The molecule has 0 aliphatic rings. The second-order valence-electron chi connectivity index (χ2n) is 5.06. The summed E-state index contributed by atoms with van der Waals surface area (Å²) in [4.78, 5) is 14.7. The fraction of sp³-hybridized carbons (Fsp3) is 0.316. The van der Waals surface area contributed by atoms with Crippen LogP contribution >= 0.6 is 0 Å². The summed E-state index contributed by atoms with van der Waals surface area (Å²) >= 11 is 0. The van der Waals surface area contributed by atoms with Gasteiger partial charge >= 0.3 is 0 Å². The van der Waals surface area contributed by atoms with Crippen LogP contribution in [0, 0.1) is 0 Å². The third-order valence-electron chi connectivity index (χ3n) is 3.91. The Morgan fingerprint density at radius 2 is 1.48 bits per heavy atom. The third-order valence-corrected chi connectivity index (χ3v) is 3.91. The number of ether oxygens (including phenoxy) is 2. The average molecular weight is 313 g/mol. The van der Waals surface area contributed by atoms with Crippen molar-refractivity contribution in [2.24, 2.45) is 0 Å². The molecule has 0 fully saturated rings. The zero-order chi connectivity index (χ0) is 16.8. The minimum absolute atomic E-state index is 0.0126. The van der Waals surface area contributed by atoms with Crippen molar-refractivity contribution >= 4 is 5.91 Å². The van der Waals surface area contributed by atoms with Crippen molar-refractivity contribution in [3.8, 4) is 22.6 Å². The van der Waals surface area contributed by atoms with Gasteiger partial charge in [-0.25, -0.2) is 0 Å². The molecule has 0 aliphatic heterocycles. The maximum Gasteiger partial charge on any atom is 0.254 e. The highest BCUT2D eigenvalue weighted by Crippen LogP contribution is 2.40. The summed E-state index contributed by atoms with van der Waals surface area (Å²) in [5.74, 6) is 1.38. The number of carbonyl (C=O) groups is 1. The first kappa shape index (κ1) is 16.9. The first-order valence-electron chi connectivity index (χ1n) is 7.77. The van der Waals surface area contributed by atoms with Crippen LogP contribution in [0.15, 0.2) is 42.5 Å². The summed E-state index contributed by atoms with van der Waals surface area (Å²) in [6.45, 7) is 5.31. The van der Waals surface area contributed by atoms with Crippen LogP contribution in [0.25, 0.3) is 11.1 Å². The summed E-state index contributed by atoms with van der Waals surface area (Å²) in [6.07, 6.45) is 0. The molecule has 0 atom stereocenters. The molecule has 2 rings (SSSR count). The first-order valence-corrected chi connectivity index (χ1v) is 7.77. The minimum Gasteiger partial charge on any atom is -0.496 e. The summed E-state index contributed by atoms with van der Waals surface area (Å²) in [5.41, 5.74) is 2.27. The number of benzene rings is 2. The highest BCUT2D eigenvalue weighted by molar-refractivity contribution is 6.02. The van der Waals surface area contributed by atoms with Crippen molar-refractivity contribution in [2.75, 3.05) is 27.3 Å². The van der Waals surface area contributed by atoms with E-state index in [1.165, 1.54) is 0 Å². The standard InChI is InChI=1S/C19H23NO3/c1-5-20(6-2)19(21)15-11-8-7-10-14(15)18-16(22-3)12-9-13-17(18)23-4/h7-13H,5-6H2,1-4H3. The molecule has 0 N–H and O–H groups in total. The molecule has 2 aromatic rings.